The highest BCUT2D eigenvalue weighted by atomic mass is 14.9. The molecule has 1 nitrogen and oxygen atoms in total. The minimum Gasteiger partial charge on any atom is -0.317 e. The molecule has 0 aliphatic heterocycles. The van der Waals surface area contributed by atoms with Crippen LogP contribution in [0.1, 0.15) is 44.9 Å². The lowest BCUT2D eigenvalue weighted by molar-refractivity contribution is 0.0604. The Morgan fingerprint density at radius 2 is 1.91 bits per heavy atom. The van der Waals surface area contributed by atoms with Crippen LogP contribution in [-0.2, 0) is 0 Å². The van der Waals surface area contributed by atoms with Crippen molar-refractivity contribution in [2.75, 3.05) is 7.05 Å². The first-order chi connectivity index (χ1) is 5.35. The van der Waals surface area contributed by atoms with E-state index in [1.807, 2.05) is 0 Å². The van der Waals surface area contributed by atoms with Gasteiger partial charge < -0.3 is 5.32 Å². The normalized spacial score (nSPS) is 35.2. The van der Waals surface area contributed by atoms with Crippen LogP contribution in [0.15, 0.2) is 0 Å². The van der Waals surface area contributed by atoms with E-state index in [1.54, 1.807) is 0 Å². The van der Waals surface area contributed by atoms with Gasteiger partial charge in [0.05, 0.1) is 0 Å². The third kappa shape index (κ3) is 1.31. The van der Waals surface area contributed by atoms with Crippen LogP contribution in [0.3, 0.4) is 0 Å². The second-order valence-corrected chi connectivity index (χ2v) is 4.44. The zero-order valence-corrected chi connectivity index (χ0v) is 7.53. The topological polar surface area (TPSA) is 12.0 Å². The van der Waals surface area contributed by atoms with Gasteiger partial charge in [0.15, 0.2) is 0 Å². The number of rotatable bonds is 1. The summed E-state index contributed by atoms with van der Waals surface area (Å²) in [6, 6.07) is 0.837. The molecule has 0 amide bonds. The summed E-state index contributed by atoms with van der Waals surface area (Å²) < 4.78 is 0. The Morgan fingerprint density at radius 3 is 2.45 bits per heavy atom. The number of hydrogen-bond acceptors (Lipinski definition) is 1. The van der Waals surface area contributed by atoms with E-state index in [1.165, 1.54) is 44.9 Å². The number of hydrogen-bond donors (Lipinski definition) is 1. The van der Waals surface area contributed by atoms with Gasteiger partial charge in [-0.1, -0.05) is 12.8 Å². The summed E-state index contributed by atoms with van der Waals surface area (Å²) >= 11 is 0. The highest BCUT2D eigenvalue weighted by molar-refractivity contribution is 4.94. The van der Waals surface area contributed by atoms with Gasteiger partial charge in [-0.15, -0.1) is 0 Å². The van der Waals surface area contributed by atoms with Crippen molar-refractivity contribution in [3.63, 3.8) is 0 Å². The van der Waals surface area contributed by atoms with Gasteiger partial charge in [0.2, 0.25) is 0 Å². The van der Waals surface area contributed by atoms with Crippen LogP contribution < -0.4 is 5.32 Å². The van der Waals surface area contributed by atoms with Gasteiger partial charge in [0.25, 0.3) is 0 Å². The van der Waals surface area contributed by atoms with Crippen molar-refractivity contribution in [2.24, 2.45) is 5.41 Å². The van der Waals surface area contributed by atoms with Crippen molar-refractivity contribution in [1.82, 2.24) is 5.32 Å². The molecular weight excluding hydrogens is 134 g/mol. The second-order valence-electron chi connectivity index (χ2n) is 4.44. The maximum atomic E-state index is 3.43. The molecule has 0 aromatic heterocycles. The van der Waals surface area contributed by atoms with E-state index in [-0.39, 0.29) is 0 Å². The Bertz CT molecular complexity index is 138. The second kappa shape index (κ2) is 2.78. The van der Waals surface area contributed by atoms with E-state index >= 15 is 0 Å². The third-order valence-corrected chi connectivity index (χ3v) is 3.76. The molecule has 1 spiro atoms. The van der Waals surface area contributed by atoms with E-state index in [9.17, 15) is 0 Å². The zero-order valence-electron chi connectivity index (χ0n) is 7.53. The Balaban J connectivity index is 1.92. The SMILES string of the molecule is CNC1CCCC2(CCC2)C1. The largest absolute Gasteiger partial charge is 0.317 e. The van der Waals surface area contributed by atoms with Gasteiger partial charge in [0, 0.05) is 6.04 Å². The van der Waals surface area contributed by atoms with E-state index in [0.29, 0.717) is 0 Å². The lowest BCUT2D eigenvalue weighted by Gasteiger charge is -2.47. The van der Waals surface area contributed by atoms with Crippen LogP contribution in [0.4, 0.5) is 0 Å². The molecule has 2 aliphatic carbocycles. The zero-order chi connectivity index (χ0) is 7.73. The van der Waals surface area contributed by atoms with Gasteiger partial charge in [-0.3, -0.25) is 0 Å². The summed E-state index contributed by atoms with van der Waals surface area (Å²) in [6.07, 6.45) is 10.4. The van der Waals surface area contributed by atoms with Gasteiger partial charge in [0.1, 0.15) is 0 Å². The van der Waals surface area contributed by atoms with Crippen molar-refractivity contribution in [3.8, 4) is 0 Å². The first kappa shape index (κ1) is 7.60. The molecule has 1 heteroatoms. The highest BCUT2D eigenvalue weighted by Gasteiger charge is 2.40. The van der Waals surface area contributed by atoms with E-state index in [4.69, 9.17) is 0 Å². The molecule has 1 N–H and O–H groups in total. The van der Waals surface area contributed by atoms with Crippen molar-refractivity contribution in [3.05, 3.63) is 0 Å². The first-order valence-corrected chi connectivity index (χ1v) is 5.02. The van der Waals surface area contributed by atoms with E-state index in [2.05, 4.69) is 12.4 Å². The lowest BCUT2D eigenvalue weighted by atomic mass is 9.60. The van der Waals surface area contributed by atoms with Crippen LogP contribution in [0.25, 0.3) is 0 Å². The molecule has 0 saturated heterocycles. The summed E-state index contributed by atoms with van der Waals surface area (Å²) in [5.74, 6) is 0. The van der Waals surface area contributed by atoms with Crippen LogP contribution in [-0.4, -0.2) is 13.1 Å². The molecule has 0 aromatic rings. The molecule has 2 aliphatic rings. The third-order valence-electron chi connectivity index (χ3n) is 3.76. The monoisotopic (exact) mass is 153 g/mol. The van der Waals surface area contributed by atoms with Gasteiger partial charge >= 0.3 is 0 Å². The molecule has 0 radical (unpaired) electrons. The molecule has 0 aromatic carbocycles. The fourth-order valence-corrected chi connectivity index (χ4v) is 2.83. The minimum absolute atomic E-state index is 0.811. The summed E-state index contributed by atoms with van der Waals surface area (Å²) in [6.45, 7) is 0. The molecule has 2 saturated carbocycles. The Kier molecular flexibility index (Phi) is 1.92. The van der Waals surface area contributed by atoms with E-state index in [0.717, 1.165) is 11.5 Å². The van der Waals surface area contributed by atoms with Crippen molar-refractivity contribution in [2.45, 2.75) is 51.0 Å². The maximum Gasteiger partial charge on any atom is 0.00693 e. The quantitative estimate of drug-likeness (QED) is 0.609. The Morgan fingerprint density at radius 1 is 1.18 bits per heavy atom. The molecule has 1 unspecified atom stereocenters. The fourth-order valence-electron chi connectivity index (χ4n) is 2.83. The fraction of sp³-hybridized carbons (Fsp3) is 1.00. The van der Waals surface area contributed by atoms with Crippen molar-refractivity contribution in [1.29, 1.82) is 0 Å². The summed E-state index contributed by atoms with van der Waals surface area (Å²) in [7, 11) is 2.11. The van der Waals surface area contributed by atoms with Crippen LogP contribution in [0.5, 0.6) is 0 Å². The van der Waals surface area contributed by atoms with Crippen LogP contribution in [0, 0.1) is 5.41 Å². The van der Waals surface area contributed by atoms with Crippen LogP contribution in [0.2, 0.25) is 0 Å². The average molecular weight is 153 g/mol. The summed E-state index contributed by atoms with van der Waals surface area (Å²) in [5.41, 5.74) is 0.811. The Labute approximate surface area is 69.6 Å². The smallest absolute Gasteiger partial charge is 0.00693 e. The van der Waals surface area contributed by atoms with Gasteiger partial charge in [-0.2, -0.15) is 0 Å². The summed E-state index contributed by atoms with van der Waals surface area (Å²) in [4.78, 5) is 0. The number of nitrogens with one attached hydrogen (secondary N) is 1. The molecule has 0 heterocycles. The predicted octanol–water partition coefficient (Wildman–Crippen LogP) is 2.32. The first-order valence-electron chi connectivity index (χ1n) is 5.02. The molecule has 2 fully saturated rings. The van der Waals surface area contributed by atoms with Gasteiger partial charge in [-0.05, 0) is 44.6 Å². The molecule has 0 bridgehead atoms. The Hall–Kier alpha value is -0.0400. The molecule has 1 atom stereocenters. The van der Waals surface area contributed by atoms with Crippen molar-refractivity contribution >= 4 is 0 Å². The molecule has 2 rings (SSSR count). The molecule has 11 heavy (non-hydrogen) atoms. The standard InChI is InChI=1S/C10H19N/c1-11-9-4-2-5-10(8-9)6-3-7-10/h9,11H,2-8H2,1H3. The van der Waals surface area contributed by atoms with Crippen molar-refractivity contribution < 1.29 is 0 Å². The molecular formula is C10H19N. The molecule has 64 valence electrons. The lowest BCUT2D eigenvalue weighted by Crippen LogP contribution is -2.41. The highest BCUT2D eigenvalue weighted by Crippen LogP contribution is 2.51. The minimum atomic E-state index is 0.811. The summed E-state index contributed by atoms with van der Waals surface area (Å²) in [5, 5.41) is 3.43. The average Bonchev–Trinajstić information content (AvgIpc) is 2.02. The predicted molar refractivity (Wildman–Crippen MR) is 47.6 cm³/mol. The van der Waals surface area contributed by atoms with Gasteiger partial charge in [-0.25, -0.2) is 0 Å². The van der Waals surface area contributed by atoms with Crippen LogP contribution >= 0.6 is 0 Å². The van der Waals surface area contributed by atoms with E-state index < -0.39 is 0 Å². The maximum absolute atomic E-state index is 3.43.